The number of aromatic nitrogens is 1. The molecule has 1 rings (SSSR count). The SMILES string of the molecule is CCCCCNCC(=O)Nc1ncc(C)s1. The molecule has 1 heterocycles. The van der Waals surface area contributed by atoms with Crippen molar-refractivity contribution in [1.82, 2.24) is 10.3 Å². The van der Waals surface area contributed by atoms with E-state index in [0.29, 0.717) is 11.7 Å². The van der Waals surface area contributed by atoms with Crippen LogP contribution in [0.5, 0.6) is 0 Å². The van der Waals surface area contributed by atoms with Crippen LogP contribution in [-0.2, 0) is 4.79 Å². The molecule has 0 spiro atoms. The van der Waals surface area contributed by atoms with Gasteiger partial charge in [0.05, 0.1) is 6.54 Å². The Morgan fingerprint density at radius 2 is 2.31 bits per heavy atom. The summed E-state index contributed by atoms with van der Waals surface area (Å²) >= 11 is 1.49. The molecule has 0 fully saturated rings. The van der Waals surface area contributed by atoms with Crippen LogP contribution in [0, 0.1) is 6.92 Å². The molecule has 5 heteroatoms. The highest BCUT2D eigenvalue weighted by atomic mass is 32.1. The molecule has 90 valence electrons. The van der Waals surface area contributed by atoms with Crippen LogP contribution in [0.3, 0.4) is 0 Å². The molecule has 1 amide bonds. The largest absolute Gasteiger partial charge is 0.308 e. The third kappa shape index (κ3) is 5.23. The highest BCUT2D eigenvalue weighted by molar-refractivity contribution is 7.15. The average Bonchev–Trinajstić information content (AvgIpc) is 2.63. The predicted molar refractivity (Wildman–Crippen MR) is 67.9 cm³/mol. The minimum absolute atomic E-state index is 0.0224. The van der Waals surface area contributed by atoms with E-state index in [9.17, 15) is 4.79 Å². The van der Waals surface area contributed by atoms with Crippen molar-refractivity contribution in [3.63, 3.8) is 0 Å². The van der Waals surface area contributed by atoms with Crippen molar-refractivity contribution in [2.24, 2.45) is 0 Å². The number of hydrogen-bond donors (Lipinski definition) is 2. The molecule has 0 atom stereocenters. The fourth-order valence-corrected chi connectivity index (χ4v) is 1.96. The van der Waals surface area contributed by atoms with Gasteiger partial charge in [-0.25, -0.2) is 4.98 Å². The highest BCUT2D eigenvalue weighted by Gasteiger charge is 2.04. The molecular formula is C11H19N3OS. The monoisotopic (exact) mass is 241 g/mol. The molecule has 16 heavy (non-hydrogen) atoms. The van der Waals surface area contributed by atoms with Crippen molar-refractivity contribution >= 4 is 22.4 Å². The molecule has 4 nitrogen and oxygen atoms in total. The van der Waals surface area contributed by atoms with Gasteiger partial charge in [-0.3, -0.25) is 4.79 Å². The number of aryl methyl sites for hydroxylation is 1. The highest BCUT2D eigenvalue weighted by Crippen LogP contribution is 2.15. The minimum atomic E-state index is -0.0224. The van der Waals surface area contributed by atoms with Crippen molar-refractivity contribution in [3.05, 3.63) is 11.1 Å². The predicted octanol–water partition coefficient (Wildman–Crippen LogP) is 2.17. The summed E-state index contributed by atoms with van der Waals surface area (Å²) in [5.74, 6) is -0.0224. The summed E-state index contributed by atoms with van der Waals surface area (Å²) < 4.78 is 0. The van der Waals surface area contributed by atoms with Crippen molar-refractivity contribution in [1.29, 1.82) is 0 Å². The van der Waals surface area contributed by atoms with Crippen molar-refractivity contribution < 1.29 is 4.79 Å². The smallest absolute Gasteiger partial charge is 0.240 e. The summed E-state index contributed by atoms with van der Waals surface area (Å²) in [5, 5.41) is 6.55. The average molecular weight is 241 g/mol. The van der Waals surface area contributed by atoms with E-state index in [4.69, 9.17) is 0 Å². The number of carbonyl (C=O) groups excluding carboxylic acids is 1. The van der Waals surface area contributed by atoms with E-state index in [1.54, 1.807) is 6.20 Å². The molecule has 0 saturated heterocycles. The first-order valence-electron chi connectivity index (χ1n) is 5.65. The Morgan fingerprint density at radius 3 is 2.94 bits per heavy atom. The van der Waals surface area contributed by atoms with Gasteiger partial charge in [-0.2, -0.15) is 0 Å². The zero-order chi connectivity index (χ0) is 11.8. The summed E-state index contributed by atoms with van der Waals surface area (Å²) in [6, 6.07) is 0. The van der Waals surface area contributed by atoms with Crippen LogP contribution in [0.1, 0.15) is 31.1 Å². The van der Waals surface area contributed by atoms with Gasteiger partial charge in [-0.05, 0) is 19.9 Å². The van der Waals surface area contributed by atoms with Crippen LogP contribution in [0.25, 0.3) is 0 Å². The lowest BCUT2D eigenvalue weighted by Crippen LogP contribution is -2.28. The standard InChI is InChI=1S/C11H19N3OS/c1-3-4-5-6-12-8-10(15)14-11-13-7-9(2)16-11/h7,12H,3-6,8H2,1-2H3,(H,13,14,15). The number of anilines is 1. The Labute approximate surface area is 100 Å². The lowest BCUT2D eigenvalue weighted by atomic mass is 10.2. The van der Waals surface area contributed by atoms with Gasteiger partial charge in [0, 0.05) is 11.1 Å². The van der Waals surface area contributed by atoms with Crippen LogP contribution >= 0.6 is 11.3 Å². The topological polar surface area (TPSA) is 54.0 Å². The first-order valence-corrected chi connectivity index (χ1v) is 6.47. The quantitative estimate of drug-likeness (QED) is 0.719. The van der Waals surface area contributed by atoms with E-state index < -0.39 is 0 Å². The molecule has 0 saturated carbocycles. The molecule has 0 aromatic carbocycles. The zero-order valence-electron chi connectivity index (χ0n) is 9.88. The Kier molecular flexibility index (Phi) is 6.03. The van der Waals surface area contributed by atoms with Gasteiger partial charge in [-0.1, -0.05) is 19.8 Å². The van der Waals surface area contributed by atoms with Crippen molar-refractivity contribution in [2.75, 3.05) is 18.4 Å². The van der Waals surface area contributed by atoms with E-state index in [1.807, 2.05) is 6.92 Å². The number of hydrogen-bond acceptors (Lipinski definition) is 4. The van der Waals surface area contributed by atoms with Crippen LogP contribution in [0.2, 0.25) is 0 Å². The van der Waals surface area contributed by atoms with Gasteiger partial charge < -0.3 is 10.6 Å². The molecule has 1 aromatic rings. The third-order valence-electron chi connectivity index (χ3n) is 2.11. The van der Waals surface area contributed by atoms with Gasteiger partial charge in [-0.15, -0.1) is 11.3 Å². The number of unbranched alkanes of at least 4 members (excludes halogenated alkanes) is 2. The second-order valence-electron chi connectivity index (χ2n) is 3.71. The summed E-state index contributed by atoms with van der Waals surface area (Å²) in [6.07, 6.45) is 5.29. The third-order valence-corrected chi connectivity index (χ3v) is 2.94. The van der Waals surface area contributed by atoms with E-state index in [2.05, 4.69) is 22.5 Å². The van der Waals surface area contributed by atoms with Gasteiger partial charge in [0.15, 0.2) is 5.13 Å². The molecule has 1 aromatic heterocycles. The zero-order valence-corrected chi connectivity index (χ0v) is 10.7. The number of nitrogens with zero attached hydrogens (tertiary/aromatic N) is 1. The molecule has 0 unspecified atom stereocenters. The summed E-state index contributed by atoms with van der Waals surface area (Å²) in [7, 11) is 0. The van der Waals surface area contributed by atoms with E-state index >= 15 is 0 Å². The lowest BCUT2D eigenvalue weighted by molar-refractivity contribution is -0.115. The van der Waals surface area contributed by atoms with Crippen LogP contribution < -0.4 is 10.6 Å². The lowest BCUT2D eigenvalue weighted by Gasteiger charge is -2.03. The van der Waals surface area contributed by atoms with Gasteiger partial charge >= 0.3 is 0 Å². The normalized spacial score (nSPS) is 10.4. The van der Waals surface area contributed by atoms with Crippen molar-refractivity contribution in [3.8, 4) is 0 Å². The first kappa shape index (κ1) is 13.1. The Bertz CT molecular complexity index is 325. The second-order valence-corrected chi connectivity index (χ2v) is 4.94. The van der Waals surface area contributed by atoms with Gasteiger partial charge in [0.2, 0.25) is 5.91 Å². The summed E-state index contributed by atoms with van der Waals surface area (Å²) in [4.78, 5) is 16.6. The molecular weight excluding hydrogens is 222 g/mol. The van der Waals surface area contributed by atoms with Crippen LogP contribution in [0.15, 0.2) is 6.20 Å². The molecule has 0 radical (unpaired) electrons. The Hall–Kier alpha value is -0.940. The Morgan fingerprint density at radius 1 is 1.50 bits per heavy atom. The van der Waals surface area contributed by atoms with E-state index in [0.717, 1.165) is 17.8 Å². The Balaban J connectivity index is 2.11. The van der Waals surface area contributed by atoms with Crippen LogP contribution in [-0.4, -0.2) is 24.0 Å². The maximum Gasteiger partial charge on any atom is 0.240 e. The number of carbonyl (C=O) groups is 1. The second kappa shape index (κ2) is 7.35. The molecule has 0 aliphatic rings. The molecule has 0 bridgehead atoms. The van der Waals surface area contributed by atoms with Gasteiger partial charge in [0.1, 0.15) is 0 Å². The number of amides is 1. The number of thiazole rings is 1. The van der Waals surface area contributed by atoms with E-state index in [-0.39, 0.29) is 5.91 Å². The van der Waals surface area contributed by atoms with E-state index in [1.165, 1.54) is 24.2 Å². The maximum absolute atomic E-state index is 11.4. The fraction of sp³-hybridized carbons (Fsp3) is 0.636. The fourth-order valence-electron chi connectivity index (χ4n) is 1.28. The van der Waals surface area contributed by atoms with Crippen LogP contribution in [0.4, 0.5) is 5.13 Å². The maximum atomic E-state index is 11.4. The van der Waals surface area contributed by atoms with Crippen molar-refractivity contribution in [2.45, 2.75) is 33.1 Å². The van der Waals surface area contributed by atoms with Gasteiger partial charge in [0.25, 0.3) is 0 Å². The minimum Gasteiger partial charge on any atom is -0.308 e. The molecule has 2 N–H and O–H groups in total. The molecule has 0 aliphatic heterocycles. The summed E-state index contributed by atoms with van der Waals surface area (Å²) in [5.41, 5.74) is 0. The molecule has 0 aliphatic carbocycles. The summed E-state index contributed by atoms with van der Waals surface area (Å²) in [6.45, 7) is 5.40. The first-order chi connectivity index (χ1) is 7.72. The number of rotatable bonds is 7. The number of nitrogens with one attached hydrogen (secondary N) is 2.